The second kappa shape index (κ2) is 10.1. The summed E-state index contributed by atoms with van der Waals surface area (Å²) in [6, 6.07) is 11.1. The number of carbonyl (C=O) groups excluding carboxylic acids is 1. The van der Waals surface area contributed by atoms with Crippen molar-refractivity contribution in [1.29, 1.82) is 0 Å². The summed E-state index contributed by atoms with van der Waals surface area (Å²) in [5.41, 5.74) is 1.38. The fourth-order valence-electron chi connectivity index (χ4n) is 4.31. The molecule has 1 atom stereocenters. The molecule has 2 aliphatic heterocycles. The zero-order valence-corrected chi connectivity index (χ0v) is 16.0. The van der Waals surface area contributed by atoms with E-state index in [4.69, 9.17) is 0 Å². The number of hydrogen-bond donors (Lipinski definition) is 1. The summed E-state index contributed by atoms with van der Waals surface area (Å²) in [5.74, 6) is -0.353. The lowest BCUT2D eigenvalue weighted by molar-refractivity contribution is -0.127. The molecule has 2 saturated heterocycles. The van der Waals surface area contributed by atoms with Crippen molar-refractivity contribution in [2.45, 2.75) is 44.6 Å². The highest BCUT2D eigenvalue weighted by Gasteiger charge is 2.31. The van der Waals surface area contributed by atoms with Gasteiger partial charge in [-0.05, 0) is 57.3 Å². The number of carbonyl (C=O) groups is 1. The summed E-state index contributed by atoms with van der Waals surface area (Å²) in [4.78, 5) is 17.1. The molecule has 1 aromatic carbocycles. The fraction of sp³-hybridized carbons (Fsp3) is 0.667. The first-order chi connectivity index (χ1) is 13.1. The first kappa shape index (κ1) is 20.2. The summed E-state index contributed by atoms with van der Waals surface area (Å²) >= 11 is 0. The van der Waals surface area contributed by atoms with Crippen molar-refractivity contribution in [2.24, 2.45) is 5.92 Å². The van der Waals surface area contributed by atoms with Crippen molar-refractivity contribution in [2.75, 3.05) is 39.3 Å². The van der Waals surface area contributed by atoms with Gasteiger partial charge in [0, 0.05) is 19.1 Å². The minimum absolute atomic E-state index is 0.145. The van der Waals surface area contributed by atoms with Crippen molar-refractivity contribution in [3.63, 3.8) is 0 Å². The molecule has 2 fully saturated rings. The van der Waals surface area contributed by atoms with Crippen LogP contribution in [0.5, 0.6) is 0 Å². The van der Waals surface area contributed by atoms with Gasteiger partial charge in [0.2, 0.25) is 5.91 Å². The largest absolute Gasteiger partial charge is 0.350 e. The van der Waals surface area contributed by atoms with Crippen molar-refractivity contribution < 1.29 is 13.6 Å². The maximum Gasteiger partial charge on any atom is 0.255 e. The van der Waals surface area contributed by atoms with E-state index in [-0.39, 0.29) is 11.8 Å². The van der Waals surface area contributed by atoms with E-state index >= 15 is 0 Å². The van der Waals surface area contributed by atoms with E-state index in [1.807, 2.05) is 0 Å². The van der Waals surface area contributed by atoms with Crippen molar-refractivity contribution >= 4 is 5.91 Å². The number of nitrogens with one attached hydrogen (secondary N) is 1. The predicted molar refractivity (Wildman–Crippen MR) is 103 cm³/mol. The monoisotopic (exact) mass is 379 g/mol. The molecular weight excluding hydrogens is 348 g/mol. The normalized spacial score (nSPS) is 22.9. The van der Waals surface area contributed by atoms with Gasteiger partial charge in [0.1, 0.15) is 0 Å². The smallest absolute Gasteiger partial charge is 0.255 e. The number of alkyl halides is 2. The van der Waals surface area contributed by atoms with Gasteiger partial charge in [-0.2, -0.15) is 0 Å². The highest BCUT2D eigenvalue weighted by Crippen LogP contribution is 2.24. The lowest BCUT2D eigenvalue weighted by Crippen LogP contribution is -2.51. The molecule has 1 unspecified atom stereocenters. The first-order valence-electron chi connectivity index (χ1n) is 10.2. The third kappa shape index (κ3) is 6.25. The third-order valence-corrected chi connectivity index (χ3v) is 5.89. The number of halogens is 2. The molecule has 6 heteroatoms. The summed E-state index contributed by atoms with van der Waals surface area (Å²) in [7, 11) is 0. The highest BCUT2D eigenvalue weighted by atomic mass is 19.3. The minimum Gasteiger partial charge on any atom is -0.350 e. The molecule has 2 heterocycles. The first-order valence-corrected chi connectivity index (χ1v) is 10.2. The highest BCUT2D eigenvalue weighted by molar-refractivity contribution is 5.78. The van der Waals surface area contributed by atoms with E-state index in [0.29, 0.717) is 12.6 Å². The average molecular weight is 379 g/mol. The molecule has 0 aromatic heterocycles. The van der Waals surface area contributed by atoms with Crippen LogP contribution in [0.25, 0.3) is 0 Å². The third-order valence-electron chi connectivity index (χ3n) is 5.89. The molecule has 0 spiro atoms. The molecule has 0 saturated carbocycles. The van der Waals surface area contributed by atoms with Gasteiger partial charge in [-0.15, -0.1) is 0 Å². The molecule has 2 aliphatic rings. The number of hydrogen-bond acceptors (Lipinski definition) is 3. The van der Waals surface area contributed by atoms with E-state index in [0.717, 1.165) is 58.3 Å². The molecule has 150 valence electrons. The molecule has 4 nitrogen and oxygen atoms in total. The van der Waals surface area contributed by atoms with Gasteiger partial charge in [0.05, 0.1) is 12.5 Å². The van der Waals surface area contributed by atoms with E-state index in [1.54, 1.807) is 0 Å². The van der Waals surface area contributed by atoms with Crippen LogP contribution < -0.4 is 5.32 Å². The Balaban J connectivity index is 1.40. The zero-order chi connectivity index (χ0) is 19.1. The predicted octanol–water partition coefficient (Wildman–Crippen LogP) is 2.79. The van der Waals surface area contributed by atoms with Crippen LogP contribution in [-0.4, -0.2) is 67.4 Å². The van der Waals surface area contributed by atoms with Crippen LogP contribution in [0.4, 0.5) is 8.78 Å². The van der Waals surface area contributed by atoms with E-state index < -0.39 is 13.0 Å². The number of rotatable bonds is 7. The second-order valence-corrected chi connectivity index (χ2v) is 7.78. The quantitative estimate of drug-likeness (QED) is 0.791. The molecule has 0 bridgehead atoms. The standard InChI is InChI=1S/C21H31F2N3O/c22-20(23)15-24-21(27)18-7-4-11-26(16-18)19-9-13-25(14-10-19)12-8-17-5-2-1-3-6-17/h1-3,5-6,18-20H,4,7-16H2,(H,24,27). The molecule has 0 aliphatic carbocycles. The Morgan fingerprint density at radius 2 is 1.85 bits per heavy atom. The van der Waals surface area contributed by atoms with Gasteiger partial charge < -0.3 is 10.2 Å². The van der Waals surface area contributed by atoms with Gasteiger partial charge in [-0.3, -0.25) is 9.69 Å². The van der Waals surface area contributed by atoms with Crippen molar-refractivity contribution in [3.05, 3.63) is 35.9 Å². The molecule has 3 rings (SSSR count). The SMILES string of the molecule is O=C(NCC(F)F)C1CCCN(C2CCN(CCc3ccccc3)CC2)C1. The van der Waals surface area contributed by atoms with Gasteiger partial charge >= 0.3 is 0 Å². The van der Waals surface area contributed by atoms with E-state index in [1.165, 1.54) is 5.56 Å². The van der Waals surface area contributed by atoms with Gasteiger partial charge in [0.15, 0.2) is 0 Å². The molecule has 1 N–H and O–H groups in total. The van der Waals surface area contributed by atoms with Crippen LogP contribution in [-0.2, 0) is 11.2 Å². The summed E-state index contributed by atoms with van der Waals surface area (Å²) in [6.45, 7) is 4.48. The van der Waals surface area contributed by atoms with Crippen molar-refractivity contribution in [3.8, 4) is 0 Å². The minimum atomic E-state index is -2.48. The van der Waals surface area contributed by atoms with Crippen LogP contribution in [0.1, 0.15) is 31.2 Å². The maximum atomic E-state index is 12.3. The summed E-state index contributed by atoms with van der Waals surface area (Å²) in [6.07, 6.45) is 2.64. The number of likely N-dealkylation sites (tertiary alicyclic amines) is 2. The Kier molecular flexibility index (Phi) is 7.59. The lowest BCUT2D eigenvalue weighted by atomic mass is 9.93. The van der Waals surface area contributed by atoms with Crippen LogP contribution in [0.2, 0.25) is 0 Å². The molecule has 0 radical (unpaired) electrons. The Hall–Kier alpha value is -1.53. The van der Waals surface area contributed by atoms with Gasteiger partial charge in [0.25, 0.3) is 6.43 Å². The zero-order valence-electron chi connectivity index (χ0n) is 16.0. The Morgan fingerprint density at radius 3 is 2.56 bits per heavy atom. The van der Waals surface area contributed by atoms with Gasteiger partial charge in [-0.1, -0.05) is 30.3 Å². The number of piperidine rings is 2. The molecular formula is C21H31F2N3O. The number of benzene rings is 1. The molecule has 27 heavy (non-hydrogen) atoms. The van der Waals surface area contributed by atoms with Crippen LogP contribution in [0.15, 0.2) is 30.3 Å². The Morgan fingerprint density at radius 1 is 1.11 bits per heavy atom. The average Bonchev–Trinajstić information content (AvgIpc) is 2.71. The van der Waals surface area contributed by atoms with E-state index in [9.17, 15) is 13.6 Å². The number of nitrogens with zero attached hydrogens (tertiary/aromatic N) is 2. The maximum absolute atomic E-state index is 12.3. The Labute approximate surface area is 160 Å². The van der Waals surface area contributed by atoms with Crippen LogP contribution in [0, 0.1) is 5.92 Å². The molecule has 1 amide bonds. The second-order valence-electron chi connectivity index (χ2n) is 7.78. The topological polar surface area (TPSA) is 35.6 Å². The molecule has 1 aromatic rings. The van der Waals surface area contributed by atoms with E-state index in [2.05, 4.69) is 45.4 Å². The fourth-order valence-corrected chi connectivity index (χ4v) is 4.31. The summed E-state index contributed by atoms with van der Waals surface area (Å²) in [5, 5.41) is 2.39. The van der Waals surface area contributed by atoms with Crippen molar-refractivity contribution in [1.82, 2.24) is 15.1 Å². The summed E-state index contributed by atoms with van der Waals surface area (Å²) < 4.78 is 24.6. The van der Waals surface area contributed by atoms with Crippen LogP contribution >= 0.6 is 0 Å². The number of amides is 1. The van der Waals surface area contributed by atoms with Gasteiger partial charge in [-0.25, -0.2) is 8.78 Å². The Bertz CT molecular complexity index is 576. The lowest BCUT2D eigenvalue weighted by Gasteiger charge is -2.42. The van der Waals surface area contributed by atoms with Crippen LogP contribution in [0.3, 0.4) is 0 Å².